The number of carbonyl (C=O) groups is 1. The molecule has 0 N–H and O–H groups in total. The van der Waals surface area contributed by atoms with E-state index in [2.05, 4.69) is 0 Å². The quantitative estimate of drug-likeness (QED) is 0.772. The van der Waals surface area contributed by atoms with E-state index >= 15 is 0 Å². The fourth-order valence-electron chi connectivity index (χ4n) is 3.55. The van der Waals surface area contributed by atoms with Gasteiger partial charge in [-0.3, -0.25) is 4.79 Å². The molecule has 1 heterocycles. The van der Waals surface area contributed by atoms with Gasteiger partial charge in [0.1, 0.15) is 5.82 Å². The first kappa shape index (κ1) is 17.5. The second kappa shape index (κ2) is 6.99. The average molecular weight is 370 g/mol. The molecule has 1 fully saturated rings. The molecular formula is C21H19FO3S. The number of fused-ring (bicyclic) bond motifs is 1. The van der Waals surface area contributed by atoms with Crippen LogP contribution in [0.3, 0.4) is 0 Å². The lowest BCUT2D eigenvalue weighted by Gasteiger charge is -2.36. The van der Waals surface area contributed by atoms with Crippen LogP contribution in [0.25, 0.3) is 6.08 Å². The van der Waals surface area contributed by atoms with Crippen molar-refractivity contribution in [1.82, 2.24) is 0 Å². The molecule has 0 aromatic heterocycles. The summed E-state index contributed by atoms with van der Waals surface area (Å²) in [5.41, 5.74) is 1.98. The number of carbonyl (C=O) groups excluding carboxylic acids is 1. The highest BCUT2D eigenvalue weighted by molar-refractivity contribution is 7.99. The zero-order valence-electron chi connectivity index (χ0n) is 14.5. The van der Waals surface area contributed by atoms with Crippen LogP contribution < -0.4 is 0 Å². The smallest absolute Gasteiger partial charge is 0.186 e. The summed E-state index contributed by atoms with van der Waals surface area (Å²) in [6.45, 7) is 1.22. The van der Waals surface area contributed by atoms with Gasteiger partial charge in [-0.05, 0) is 53.6 Å². The van der Waals surface area contributed by atoms with Gasteiger partial charge in [0.05, 0.1) is 5.60 Å². The van der Waals surface area contributed by atoms with Gasteiger partial charge >= 0.3 is 0 Å². The third-order valence-corrected chi connectivity index (χ3v) is 5.99. The topological polar surface area (TPSA) is 35.5 Å². The van der Waals surface area contributed by atoms with Crippen LogP contribution >= 0.6 is 11.8 Å². The molecule has 2 aromatic rings. The Morgan fingerprint density at radius 3 is 2.65 bits per heavy atom. The summed E-state index contributed by atoms with van der Waals surface area (Å²) < 4.78 is 25.5. The van der Waals surface area contributed by atoms with E-state index < -0.39 is 5.60 Å². The molecule has 1 aliphatic heterocycles. The number of hydrogen-bond acceptors (Lipinski definition) is 4. The predicted molar refractivity (Wildman–Crippen MR) is 99.1 cm³/mol. The van der Waals surface area contributed by atoms with Crippen molar-refractivity contribution < 1.29 is 18.7 Å². The van der Waals surface area contributed by atoms with Crippen LogP contribution in [0, 0.1) is 5.82 Å². The van der Waals surface area contributed by atoms with E-state index in [4.69, 9.17) is 9.47 Å². The number of rotatable bonds is 4. The summed E-state index contributed by atoms with van der Waals surface area (Å²) in [7, 11) is 1.67. The molecule has 0 amide bonds. The lowest BCUT2D eigenvalue weighted by molar-refractivity contribution is -0.0950. The lowest BCUT2D eigenvalue weighted by Crippen LogP contribution is -2.35. The van der Waals surface area contributed by atoms with Crippen molar-refractivity contribution in [3.05, 3.63) is 65.0 Å². The third kappa shape index (κ3) is 3.22. The number of methoxy groups -OCH3 is 1. The Balaban J connectivity index is 1.64. The first-order valence-corrected chi connectivity index (χ1v) is 9.40. The van der Waals surface area contributed by atoms with Crippen LogP contribution in [-0.2, 0) is 15.1 Å². The van der Waals surface area contributed by atoms with E-state index in [0.717, 1.165) is 26.5 Å². The summed E-state index contributed by atoms with van der Waals surface area (Å²) >= 11 is 1.48. The Kier molecular flexibility index (Phi) is 4.69. The van der Waals surface area contributed by atoms with Crippen LogP contribution in [0.5, 0.6) is 0 Å². The molecule has 2 aromatic carbocycles. The van der Waals surface area contributed by atoms with Gasteiger partial charge in [-0.1, -0.05) is 17.8 Å². The molecule has 5 heteroatoms. The van der Waals surface area contributed by atoms with Crippen LogP contribution in [0.1, 0.15) is 34.3 Å². The Morgan fingerprint density at radius 1 is 1.08 bits per heavy atom. The maximum absolute atomic E-state index is 14.3. The molecule has 26 heavy (non-hydrogen) atoms. The number of allylic oxidation sites excluding steroid dienone is 1. The number of ketones is 1. The minimum Gasteiger partial charge on any atom is -0.381 e. The number of halogens is 1. The third-order valence-electron chi connectivity index (χ3n) is 5.03. The standard InChI is InChI=1S/C21H19FO3S/c1-24-21(6-8-25-9-7-21)15-11-16(22)13-18(12-15)26-17-3-4-19-14(10-17)2-5-20(19)23/h2-5,10-13H,6-9H2,1H3. The SMILES string of the molecule is COC1(c2cc(F)cc(Sc3ccc4c(c3)C=CC4=O)c2)CCOCC1. The minimum absolute atomic E-state index is 0.0335. The van der Waals surface area contributed by atoms with Gasteiger partial charge in [0, 0.05) is 48.5 Å². The lowest BCUT2D eigenvalue weighted by atomic mass is 9.86. The fourth-order valence-corrected chi connectivity index (χ4v) is 4.51. The molecule has 134 valence electrons. The average Bonchev–Trinajstić information content (AvgIpc) is 3.02. The maximum Gasteiger partial charge on any atom is 0.186 e. The van der Waals surface area contributed by atoms with Gasteiger partial charge in [0.2, 0.25) is 0 Å². The van der Waals surface area contributed by atoms with Crippen molar-refractivity contribution in [3.8, 4) is 0 Å². The zero-order valence-corrected chi connectivity index (χ0v) is 15.3. The second-order valence-corrected chi connectivity index (χ2v) is 7.68. The van der Waals surface area contributed by atoms with Crippen molar-refractivity contribution in [1.29, 1.82) is 0 Å². The molecule has 4 rings (SSSR count). The number of benzene rings is 2. The van der Waals surface area contributed by atoms with Crippen molar-refractivity contribution in [2.24, 2.45) is 0 Å². The van der Waals surface area contributed by atoms with Gasteiger partial charge in [0.15, 0.2) is 5.78 Å². The summed E-state index contributed by atoms with van der Waals surface area (Å²) in [4.78, 5) is 13.5. The summed E-state index contributed by atoms with van der Waals surface area (Å²) in [5, 5.41) is 0. The molecule has 2 aliphatic rings. The van der Waals surface area contributed by atoms with Crippen LogP contribution in [0.4, 0.5) is 4.39 Å². The molecule has 0 bridgehead atoms. The monoisotopic (exact) mass is 370 g/mol. The van der Waals surface area contributed by atoms with Gasteiger partial charge in [-0.15, -0.1) is 0 Å². The van der Waals surface area contributed by atoms with Gasteiger partial charge in [-0.2, -0.15) is 0 Å². The largest absolute Gasteiger partial charge is 0.381 e. The van der Waals surface area contributed by atoms with Gasteiger partial charge in [0.25, 0.3) is 0 Å². The second-order valence-electron chi connectivity index (χ2n) is 6.54. The highest BCUT2D eigenvalue weighted by Gasteiger charge is 2.35. The van der Waals surface area contributed by atoms with E-state index in [-0.39, 0.29) is 11.6 Å². The summed E-state index contributed by atoms with van der Waals surface area (Å²) in [6.07, 6.45) is 4.82. The molecule has 0 unspecified atom stereocenters. The molecule has 1 aliphatic carbocycles. The Labute approximate surface area is 156 Å². The number of hydrogen-bond donors (Lipinski definition) is 0. The Bertz CT molecular complexity index is 885. The molecule has 0 radical (unpaired) electrons. The Morgan fingerprint density at radius 2 is 1.88 bits per heavy atom. The maximum atomic E-state index is 14.3. The van der Waals surface area contributed by atoms with Crippen molar-refractivity contribution in [2.45, 2.75) is 28.2 Å². The highest BCUT2D eigenvalue weighted by atomic mass is 32.2. The normalized spacial score (nSPS) is 18.2. The van der Waals surface area contributed by atoms with Crippen LogP contribution in [0.2, 0.25) is 0 Å². The van der Waals surface area contributed by atoms with Crippen molar-refractivity contribution in [3.63, 3.8) is 0 Å². The highest BCUT2D eigenvalue weighted by Crippen LogP contribution is 2.39. The van der Waals surface area contributed by atoms with Crippen molar-refractivity contribution >= 4 is 23.6 Å². The molecule has 3 nitrogen and oxygen atoms in total. The van der Waals surface area contributed by atoms with E-state index in [0.29, 0.717) is 26.1 Å². The van der Waals surface area contributed by atoms with E-state index in [9.17, 15) is 9.18 Å². The molecule has 0 spiro atoms. The van der Waals surface area contributed by atoms with Gasteiger partial charge < -0.3 is 9.47 Å². The van der Waals surface area contributed by atoms with E-state index in [1.54, 1.807) is 19.3 Å². The van der Waals surface area contributed by atoms with E-state index in [1.165, 1.54) is 17.8 Å². The summed E-state index contributed by atoms with van der Waals surface area (Å²) in [5.74, 6) is -0.240. The fraction of sp³-hybridized carbons (Fsp3) is 0.286. The van der Waals surface area contributed by atoms with Crippen LogP contribution in [0.15, 0.2) is 52.3 Å². The molecular weight excluding hydrogens is 351 g/mol. The zero-order chi connectivity index (χ0) is 18.1. The first-order chi connectivity index (χ1) is 12.6. The molecule has 1 saturated heterocycles. The van der Waals surface area contributed by atoms with Crippen molar-refractivity contribution in [2.75, 3.05) is 20.3 Å². The minimum atomic E-state index is -0.497. The van der Waals surface area contributed by atoms with E-state index in [1.807, 2.05) is 30.3 Å². The predicted octanol–water partition coefficient (Wildman–Crippen LogP) is 4.84. The van der Waals surface area contributed by atoms with Crippen LogP contribution in [-0.4, -0.2) is 26.1 Å². The number of ether oxygens (including phenoxy) is 2. The Hall–Kier alpha value is -1.95. The summed E-state index contributed by atoms with van der Waals surface area (Å²) in [6, 6.07) is 10.8. The van der Waals surface area contributed by atoms with Gasteiger partial charge in [-0.25, -0.2) is 4.39 Å². The molecule has 0 atom stereocenters. The first-order valence-electron chi connectivity index (χ1n) is 8.58. The molecule has 0 saturated carbocycles.